The van der Waals surface area contributed by atoms with Crippen LogP contribution in [0.5, 0.6) is 0 Å². The average Bonchev–Trinajstić information content (AvgIpc) is 2.03. The van der Waals surface area contributed by atoms with Crippen LogP contribution in [0.15, 0.2) is 12.7 Å². The molecule has 0 radical (unpaired) electrons. The summed E-state index contributed by atoms with van der Waals surface area (Å²) in [5.74, 6) is 0. The van der Waals surface area contributed by atoms with Crippen molar-refractivity contribution in [3.05, 3.63) is 12.7 Å². The number of hydrogen-bond donors (Lipinski definition) is 1. The SMILES string of the molecule is C=CCO[C@H]1CCCC[C@H]1O. The number of aliphatic hydroxyl groups excluding tert-OH is 1. The molecular weight excluding hydrogens is 140 g/mol. The highest BCUT2D eigenvalue weighted by Crippen LogP contribution is 2.20. The number of rotatable bonds is 3. The van der Waals surface area contributed by atoms with E-state index in [2.05, 4.69) is 6.58 Å². The largest absolute Gasteiger partial charge is 0.390 e. The van der Waals surface area contributed by atoms with Crippen molar-refractivity contribution in [2.75, 3.05) is 6.61 Å². The van der Waals surface area contributed by atoms with Crippen molar-refractivity contribution in [2.45, 2.75) is 37.9 Å². The second-order valence-electron chi connectivity index (χ2n) is 3.01. The molecule has 1 aliphatic carbocycles. The Morgan fingerprint density at radius 2 is 2.18 bits per heavy atom. The molecular formula is C9H16O2. The molecule has 0 aromatic heterocycles. The van der Waals surface area contributed by atoms with Crippen molar-refractivity contribution >= 4 is 0 Å². The van der Waals surface area contributed by atoms with E-state index in [1.54, 1.807) is 6.08 Å². The lowest BCUT2D eigenvalue weighted by Gasteiger charge is -2.26. The minimum atomic E-state index is -0.247. The van der Waals surface area contributed by atoms with Gasteiger partial charge in [-0.3, -0.25) is 0 Å². The zero-order valence-electron chi connectivity index (χ0n) is 6.83. The third kappa shape index (κ3) is 2.64. The maximum absolute atomic E-state index is 9.44. The van der Waals surface area contributed by atoms with Crippen molar-refractivity contribution in [1.29, 1.82) is 0 Å². The van der Waals surface area contributed by atoms with Crippen molar-refractivity contribution in [1.82, 2.24) is 0 Å². The summed E-state index contributed by atoms with van der Waals surface area (Å²) in [6.45, 7) is 4.12. The van der Waals surface area contributed by atoms with E-state index < -0.39 is 0 Å². The summed E-state index contributed by atoms with van der Waals surface area (Å²) < 4.78 is 5.38. The first-order valence-corrected chi connectivity index (χ1v) is 4.25. The lowest BCUT2D eigenvalue weighted by molar-refractivity contribution is -0.0488. The molecule has 0 unspecified atom stereocenters. The Bertz CT molecular complexity index is 123. The van der Waals surface area contributed by atoms with Crippen molar-refractivity contribution < 1.29 is 9.84 Å². The molecule has 0 aliphatic heterocycles. The summed E-state index contributed by atoms with van der Waals surface area (Å²) in [6.07, 6.45) is 5.73. The Balaban J connectivity index is 2.23. The third-order valence-corrected chi connectivity index (χ3v) is 2.10. The molecule has 0 aromatic carbocycles. The summed E-state index contributed by atoms with van der Waals surface area (Å²) >= 11 is 0. The summed E-state index contributed by atoms with van der Waals surface area (Å²) in [5.41, 5.74) is 0. The normalized spacial score (nSPS) is 31.7. The van der Waals surface area contributed by atoms with E-state index >= 15 is 0 Å². The molecule has 1 fully saturated rings. The number of aliphatic hydroxyl groups is 1. The zero-order valence-corrected chi connectivity index (χ0v) is 6.83. The zero-order chi connectivity index (χ0) is 8.10. The molecule has 0 bridgehead atoms. The highest BCUT2D eigenvalue weighted by atomic mass is 16.5. The molecule has 1 aliphatic rings. The molecule has 2 heteroatoms. The van der Waals surface area contributed by atoms with Gasteiger partial charge in [0.25, 0.3) is 0 Å². The van der Waals surface area contributed by atoms with Crippen LogP contribution in [-0.2, 0) is 4.74 Å². The van der Waals surface area contributed by atoms with Crippen LogP contribution in [0.25, 0.3) is 0 Å². The van der Waals surface area contributed by atoms with E-state index in [-0.39, 0.29) is 12.2 Å². The maximum Gasteiger partial charge on any atom is 0.0838 e. The van der Waals surface area contributed by atoms with Crippen LogP contribution in [0.3, 0.4) is 0 Å². The average molecular weight is 156 g/mol. The maximum atomic E-state index is 9.44. The van der Waals surface area contributed by atoms with Gasteiger partial charge in [0.2, 0.25) is 0 Å². The molecule has 1 rings (SSSR count). The molecule has 1 N–H and O–H groups in total. The minimum Gasteiger partial charge on any atom is -0.390 e. The molecule has 2 nitrogen and oxygen atoms in total. The predicted molar refractivity (Wildman–Crippen MR) is 44.4 cm³/mol. The first kappa shape index (κ1) is 8.75. The highest BCUT2D eigenvalue weighted by molar-refractivity contribution is 4.76. The Hall–Kier alpha value is -0.340. The van der Waals surface area contributed by atoms with Crippen molar-refractivity contribution in [3.8, 4) is 0 Å². The molecule has 0 heterocycles. The van der Waals surface area contributed by atoms with E-state index in [9.17, 15) is 5.11 Å². The fourth-order valence-electron chi connectivity index (χ4n) is 1.46. The van der Waals surface area contributed by atoms with Crippen LogP contribution in [0.2, 0.25) is 0 Å². The van der Waals surface area contributed by atoms with Gasteiger partial charge in [-0.2, -0.15) is 0 Å². The van der Waals surface area contributed by atoms with Gasteiger partial charge in [-0.05, 0) is 12.8 Å². The number of ether oxygens (including phenoxy) is 1. The van der Waals surface area contributed by atoms with Gasteiger partial charge in [0, 0.05) is 0 Å². The summed E-state index contributed by atoms with van der Waals surface area (Å²) in [6, 6.07) is 0. The quantitative estimate of drug-likeness (QED) is 0.627. The monoisotopic (exact) mass is 156 g/mol. The first-order valence-electron chi connectivity index (χ1n) is 4.25. The molecule has 0 saturated heterocycles. The molecule has 11 heavy (non-hydrogen) atoms. The lowest BCUT2D eigenvalue weighted by Crippen LogP contribution is -2.32. The van der Waals surface area contributed by atoms with E-state index in [0.717, 1.165) is 19.3 Å². The summed E-state index contributed by atoms with van der Waals surface area (Å²) in [4.78, 5) is 0. The predicted octanol–water partition coefficient (Wildman–Crippen LogP) is 1.49. The van der Waals surface area contributed by atoms with Crippen LogP contribution in [0.1, 0.15) is 25.7 Å². The van der Waals surface area contributed by atoms with Gasteiger partial charge in [-0.1, -0.05) is 18.9 Å². The Morgan fingerprint density at radius 3 is 2.82 bits per heavy atom. The smallest absolute Gasteiger partial charge is 0.0838 e. The minimum absolute atomic E-state index is 0.0572. The van der Waals surface area contributed by atoms with Gasteiger partial charge in [-0.25, -0.2) is 0 Å². The van der Waals surface area contributed by atoms with Crippen LogP contribution < -0.4 is 0 Å². The van der Waals surface area contributed by atoms with Gasteiger partial charge in [0.1, 0.15) is 0 Å². The van der Waals surface area contributed by atoms with Gasteiger partial charge in [0.05, 0.1) is 18.8 Å². The molecule has 0 amide bonds. The topological polar surface area (TPSA) is 29.5 Å². The Kier molecular flexibility index (Phi) is 3.60. The molecule has 0 aromatic rings. The van der Waals surface area contributed by atoms with Crippen LogP contribution >= 0.6 is 0 Å². The fraction of sp³-hybridized carbons (Fsp3) is 0.778. The third-order valence-electron chi connectivity index (χ3n) is 2.10. The molecule has 0 spiro atoms. The fourth-order valence-corrected chi connectivity index (χ4v) is 1.46. The molecule has 1 saturated carbocycles. The van der Waals surface area contributed by atoms with Gasteiger partial charge in [-0.15, -0.1) is 6.58 Å². The van der Waals surface area contributed by atoms with E-state index in [4.69, 9.17) is 4.74 Å². The summed E-state index contributed by atoms with van der Waals surface area (Å²) in [7, 11) is 0. The molecule has 64 valence electrons. The van der Waals surface area contributed by atoms with Crippen LogP contribution in [-0.4, -0.2) is 23.9 Å². The number of hydrogen-bond acceptors (Lipinski definition) is 2. The van der Waals surface area contributed by atoms with Crippen molar-refractivity contribution in [2.24, 2.45) is 0 Å². The highest BCUT2D eigenvalue weighted by Gasteiger charge is 2.22. The van der Waals surface area contributed by atoms with Crippen molar-refractivity contribution in [3.63, 3.8) is 0 Å². The van der Waals surface area contributed by atoms with E-state index in [1.165, 1.54) is 6.42 Å². The van der Waals surface area contributed by atoms with Gasteiger partial charge in [0.15, 0.2) is 0 Å². The Labute approximate surface area is 67.9 Å². The second-order valence-corrected chi connectivity index (χ2v) is 3.01. The first-order chi connectivity index (χ1) is 5.34. The van der Waals surface area contributed by atoms with Gasteiger partial charge < -0.3 is 9.84 Å². The standard InChI is InChI=1S/C9H16O2/c1-2-7-11-9-6-4-3-5-8(9)10/h2,8-10H,1,3-7H2/t8-,9+/m1/s1. The van der Waals surface area contributed by atoms with Gasteiger partial charge >= 0.3 is 0 Å². The lowest BCUT2D eigenvalue weighted by atomic mass is 9.95. The summed E-state index contributed by atoms with van der Waals surface area (Å²) in [5, 5.41) is 9.44. The van der Waals surface area contributed by atoms with E-state index in [0.29, 0.717) is 6.61 Å². The van der Waals surface area contributed by atoms with Crippen LogP contribution in [0, 0.1) is 0 Å². The van der Waals surface area contributed by atoms with Crippen LogP contribution in [0.4, 0.5) is 0 Å². The second kappa shape index (κ2) is 4.52. The Morgan fingerprint density at radius 1 is 1.45 bits per heavy atom. The van der Waals surface area contributed by atoms with E-state index in [1.807, 2.05) is 0 Å². The molecule has 2 atom stereocenters.